The van der Waals surface area contributed by atoms with Gasteiger partial charge in [0.1, 0.15) is 5.82 Å². The van der Waals surface area contributed by atoms with Gasteiger partial charge in [0.05, 0.1) is 13.2 Å². The van der Waals surface area contributed by atoms with E-state index in [9.17, 15) is 9.50 Å². The summed E-state index contributed by atoms with van der Waals surface area (Å²) in [5, 5.41) is 13.6. The van der Waals surface area contributed by atoms with Crippen molar-refractivity contribution in [2.45, 2.75) is 6.54 Å². The normalized spacial score (nSPS) is 10.9. The summed E-state index contributed by atoms with van der Waals surface area (Å²) in [5.74, 6) is 0.852. The maximum absolute atomic E-state index is 13.0. The van der Waals surface area contributed by atoms with E-state index in [0.29, 0.717) is 18.2 Å². The van der Waals surface area contributed by atoms with Gasteiger partial charge in [-0.05, 0) is 30.3 Å². The Morgan fingerprint density at radius 2 is 1.82 bits per heavy atom. The molecular weight excluding hydrogens is 349 g/mol. The van der Waals surface area contributed by atoms with Crippen molar-refractivity contribution >= 4 is 15.9 Å². The van der Waals surface area contributed by atoms with Gasteiger partial charge in [-0.2, -0.15) is 5.10 Å². The topological polar surface area (TPSA) is 50.9 Å². The molecule has 1 heterocycles. The number of aromatic nitrogens is 3. The van der Waals surface area contributed by atoms with Crippen molar-refractivity contribution in [3.8, 4) is 22.8 Å². The number of nitrogens with zero attached hydrogens (tertiary/aromatic N) is 3. The number of rotatable bonds is 4. The second-order valence-electron chi connectivity index (χ2n) is 4.69. The van der Waals surface area contributed by atoms with Crippen molar-refractivity contribution in [3.63, 3.8) is 0 Å². The molecule has 0 aliphatic heterocycles. The predicted octanol–water partition coefficient (Wildman–Crippen LogP) is 3.51. The zero-order chi connectivity index (χ0) is 15.5. The molecule has 0 atom stereocenters. The molecule has 0 bridgehead atoms. The molecule has 0 aliphatic carbocycles. The van der Waals surface area contributed by atoms with Crippen LogP contribution < -0.4 is 0 Å². The minimum absolute atomic E-state index is 0.0380. The van der Waals surface area contributed by atoms with Crippen molar-refractivity contribution in [3.05, 3.63) is 58.8 Å². The summed E-state index contributed by atoms with van der Waals surface area (Å²) < 4.78 is 15.6. The highest BCUT2D eigenvalue weighted by Crippen LogP contribution is 2.28. The zero-order valence-corrected chi connectivity index (χ0v) is 13.2. The van der Waals surface area contributed by atoms with Crippen LogP contribution >= 0.6 is 15.9 Å². The van der Waals surface area contributed by atoms with Crippen LogP contribution in [0.3, 0.4) is 0 Å². The number of aliphatic hydroxyl groups excluding tert-OH is 1. The number of aliphatic hydroxyl groups is 1. The molecule has 22 heavy (non-hydrogen) atoms. The van der Waals surface area contributed by atoms with Crippen molar-refractivity contribution < 1.29 is 9.50 Å². The Kier molecular flexibility index (Phi) is 4.31. The van der Waals surface area contributed by atoms with Crippen molar-refractivity contribution in [2.24, 2.45) is 0 Å². The summed E-state index contributed by atoms with van der Waals surface area (Å²) in [6.07, 6.45) is 0. The van der Waals surface area contributed by atoms with Crippen LogP contribution in [-0.4, -0.2) is 26.5 Å². The van der Waals surface area contributed by atoms with Crippen LogP contribution in [0.4, 0.5) is 4.39 Å². The summed E-state index contributed by atoms with van der Waals surface area (Å²) >= 11 is 3.50. The standard InChI is InChI=1S/C16H13BrFN3O/c17-14-4-2-1-3-13(14)16-19-15(20-21(16)9-10-22)11-5-7-12(18)8-6-11/h1-8,22H,9-10H2. The molecule has 0 fully saturated rings. The van der Waals surface area contributed by atoms with Gasteiger partial charge in [0.2, 0.25) is 0 Å². The van der Waals surface area contributed by atoms with Crippen LogP contribution in [0.25, 0.3) is 22.8 Å². The van der Waals surface area contributed by atoms with Gasteiger partial charge < -0.3 is 5.11 Å². The minimum Gasteiger partial charge on any atom is -0.394 e. The summed E-state index contributed by atoms with van der Waals surface area (Å²) in [6.45, 7) is 0.300. The van der Waals surface area contributed by atoms with E-state index < -0.39 is 0 Å². The molecule has 3 aromatic rings. The largest absolute Gasteiger partial charge is 0.394 e. The fraction of sp³-hybridized carbons (Fsp3) is 0.125. The van der Waals surface area contributed by atoms with Gasteiger partial charge in [0, 0.05) is 15.6 Å². The van der Waals surface area contributed by atoms with Gasteiger partial charge in [-0.25, -0.2) is 14.1 Å². The molecule has 2 aromatic carbocycles. The van der Waals surface area contributed by atoms with Crippen LogP contribution in [0.2, 0.25) is 0 Å². The first kappa shape index (κ1) is 14.9. The molecule has 0 saturated heterocycles. The second-order valence-corrected chi connectivity index (χ2v) is 5.55. The fourth-order valence-electron chi connectivity index (χ4n) is 2.16. The van der Waals surface area contributed by atoms with Crippen LogP contribution in [0.5, 0.6) is 0 Å². The maximum Gasteiger partial charge on any atom is 0.181 e. The van der Waals surface area contributed by atoms with Crippen molar-refractivity contribution in [2.75, 3.05) is 6.61 Å². The third-order valence-electron chi connectivity index (χ3n) is 3.20. The lowest BCUT2D eigenvalue weighted by Crippen LogP contribution is -2.06. The molecule has 0 radical (unpaired) electrons. The summed E-state index contributed by atoms with van der Waals surface area (Å²) in [6, 6.07) is 13.7. The number of hydrogen-bond acceptors (Lipinski definition) is 3. The molecule has 1 N–H and O–H groups in total. The Morgan fingerprint density at radius 3 is 2.50 bits per heavy atom. The molecule has 4 nitrogen and oxygen atoms in total. The first-order valence-electron chi connectivity index (χ1n) is 6.75. The van der Waals surface area contributed by atoms with Gasteiger partial charge in [0.15, 0.2) is 11.6 Å². The Balaban J connectivity index is 2.10. The lowest BCUT2D eigenvalue weighted by molar-refractivity contribution is 0.270. The average Bonchev–Trinajstić information content (AvgIpc) is 2.93. The average molecular weight is 362 g/mol. The second kappa shape index (κ2) is 6.37. The fourth-order valence-corrected chi connectivity index (χ4v) is 2.62. The molecular formula is C16H13BrFN3O. The molecule has 0 unspecified atom stereocenters. The van der Waals surface area contributed by atoms with Crippen LogP contribution in [0, 0.1) is 5.82 Å². The molecule has 0 saturated carbocycles. The minimum atomic E-state index is -0.301. The highest BCUT2D eigenvalue weighted by atomic mass is 79.9. The van der Waals surface area contributed by atoms with E-state index in [0.717, 1.165) is 15.6 Å². The first-order valence-corrected chi connectivity index (χ1v) is 7.55. The van der Waals surface area contributed by atoms with E-state index in [1.807, 2.05) is 24.3 Å². The number of benzene rings is 2. The SMILES string of the molecule is OCCn1nc(-c2ccc(F)cc2)nc1-c1ccccc1Br. The number of hydrogen-bond donors (Lipinski definition) is 1. The summed E-state index contributed by atoms with van der Waals surface area (Å²) in [4.78, 5) is 4.55. The quantitative estimate of drug-likeness (QED) is 0.773. The van der Waals surface area contributed by atoms with Crippen LogP contribution in [-0.2, 0) is 6.54 Å². The third-order valence-corrected chi connectivity index (χ3v) is 3.89. The number of halogens is 2. The molecule has 1 aromatic heterocycles. The van der Waals surface area contributed by atoms with E-state index in [1.54, 1.807) is 16.8 Å². The molecule has 112 valence electrons. The highest BCUT2D eigenvalue weighted by Gasteiger charge is 2.15. The van der Waals surface area contributed by atoms with Gasteiger partial charge in [-0.3, -0.25) is 0 Å². The monoisotopic (exact) mass is 361 g/mol. The summed E-state index contributed by atoms with van der Waals surface area (Å²) in [7, 11) is 0. The first-order chi connectivity index (χ1) is 10.7. The Hall–Kier alpha value is -2.05. The van der Waals surface area contributed by atoms with E-state index in [4.69, 9.17) is 0 Å². The van der Waals surface area contributed by atoms with Gasteiger partial charge in [-0.15, -0.1) is 0 Å². The maximum atomic E-state index is 13.0. The molecule has 0 spiro atoms. The van der Waals surface area contributed by atoms with Gasteiger partial charge >= 0.3 is 0 Å². The van der Waals surface area contributed by atoms with E-state index in [-0.39, 0.29) is 12.4 Å². The Bertz CT molecular complexity index is 786. The molecule has 0 amide bonds. The Labute approximate surface area is 135 Å². The van der Waals surface area contributed by atoms with Gasteiger partial charge in [0.25, 0.3) is 0 Å². The smallest absolute Gasteiger partial charge is 0.181 e. The van der Waals surface area contributed by atoms with Crippen LogP contribution in [0.1, 0.15) is 0 Å². The summed E-state index contributed by atoms with van der Waals surface area (Å²) in [5.41, 5.74) is 1.61. The molecule has 6 heteroatoms. The third kappa shape index (κ3) is 2.93. The Morgan fingerprint density at radius 1 is 1.09 bits per heavy atom. The van der Waals surface area contributed by atoms with E-state index in [1.165, 1.54) is 12.1 Å². The van der Waals surface area contributed by atoms with E-state index in [2.05, 4.69) is 26.0 Å². The van der Waals surface area contributed by atoms with Crippen molar-refractivity contribution in [1.82, 2.24) is 14.8 Å². The van der Waals surface area contributed by atoms with Crippen LogP contribution in [0.15, 0.2) is 53.0 Å². The predicted molar refractivity (Wildman–Crippen MR) is 85.6 cm³/mol. The zero-order valence-electron chi connectivity index (χ0n) is 11.6. The molecule has 0 aliphatic rings. The van der Waals surface area contributed by atoms with Gasteiger partial charge in [-0.1, -0.05) is 34.1 Å². The lowest BCUT2D eigenvalue weighted by Gasteiger charge is -2.05. The molecule has 3 rings (SSSR count). The van der Waals surface area contributed by atoms with E-state index >= 15 is 0 Å². The lowest BCUT2D eigenvalue weighted by atomic mass is 10.2. The van der Waals surface area contributed by atoms with Crippen molar-refractivity contribution in [1.29, 1.82) is 0 Å². The highest BCUT2D eigenvalue weighted by molar-refractivity contribution is 9.10.